The molecule has 0 aliphatic rings. The fraction of sp³-hybridized carbons (Fsp3) is 0.333. The number of rotatable bonds is 4. The van der Waals surface area contributed by atoms with Crippen LogP contribution in [0.25, 0.3) is 0 Å². The summed E-state index contributed by atoms with van der Waals surface area (Å²) in [5.41, 5.74) is 1.01. The summed E-state index contributed by atoms with van der Waals surface area (Å²) in [7, 11) is 0. The van der Waals surface area contributed by atoms with Crippen molar-refractivity contribution in [3.63, 3.8) is 0 Å². The number of hydrogen-bond acceptors (Lipinski definition) is 2. The van der Waals surface area contributed by atoms with Crippen LogP contribution in [0.1, 0.15) is 19.4 Å². The van der Waals surface area contributed by atoms with Crippen LogP contribution >= 0.6 is 0 Å². The summed E-state index contributed by atoms with van der Waals surface area (Å²) in [5.74, 6) is -0.116. The first kappa shape index (κ1) is 11.4. The molecule has 1 aromatic rings. The number of carbonyl (C=O) groups is 1. The second kappa shape index (κ2) is 5.29. The molecular formula is C12H14NO2. The highest BCUT2D eigenvalue weighted by Crippen LogP contribution is 2.07. The van der Waals surface area contributed by atoms with Crippen LogP contribution < -0.4 is 0 Å². The molecule has 0 saturated carbocycles. The second-order valence-corrected chi connectivity index (χ2v) is 3.43. The van der Waals surface area contributed by atoms with Gasteiger partial charge in [-0.3, -0.25) is 9.59 Å². The lowest BCUT2D eigenvalue weighted by Gasteiger charge is -2.23. The molecule has 3 heteroatoms. The molecule has 0 heterocycles. The molecule has 1 aromatic carbocycles. The number of nitrogens with zero attached hydrogens (tertiary/aromatic N) is 1. The van der Waals surface area contributed by atoms with E-state index < -0.39 is 6.04 Å². The van der Waals surface area contributed by atoms with Gasteiger partial charge in [0.05, 0.1) is 6.04 Å². The Kier molecular flexibility index (Phi) is 4.03. The van der Waals surface area contributed by atoms with E-state index in [-0.39, 0.29) is 5.91 Å². The summed E-state index contributed by atoms with van der Waals surface area (Å²) in [6.07, 6.45) is 1.82. The number of hydrogen-bond donors (Lipinski definition) is 0. The van der Waals surface area contributed by atoms with Crippen molar-refractivity contribution < 1.29 is 9.59 Å². The van der Waals surface area contributed by atoms with Crippen molar-refractivity contribution in [2.24, 2.45) is 0 Å². The topological polar surface area (TPSA) is 37.4 Å². The van der Waals surface area contributed by atoms with Crippen LogP contribution in [0, 0.1) is 0 Å². The van der Waals surface area contributed by atoms with E-state index in [1.807, 2.05) is 36.6 Å². The monoisotopic (exact) mass is 204 g/mol. The molecule has 0 unspecified atom stereocenters. The molecule has 1 amide bonds. The van der Waals surface area contributed by atoms with Crippen LogP contribution in [0.2, 0.25) is 0 Å². The van der Waals surface area contributed by atoms with Crippen LogP contribution in [0.4, 0.5) is 0 Å². The first-order valence-electron chi connectivity index (χ1n) is 4.84. The molecule has 0 aliphatic heterocycles. The van der Waals surface area contributed by atoms with E-state index in [9.17, 15) is 9.59 Å². The molecule has 0 aromatic heterocycles. The highest BCUT2D eigenvalue weighted by Gasteiger charge is 2.16. The van der Waals surface area contributed by atoms with Gasteiger partial charge in [0.25, 0.3) is 0 Å². The van der Waals surface area contributed by atoms with Crippen LogP contribution in [-0.2, 0) is 16.1 Å². The standard InChI is InChI=1S/C12H14NO2/c1-10(9-14)13(11(2)15)8-12-6-4-3-5-7-12/h3-7,10H,8H2,1-2H3/t10-/m0/s1. The van der Waals surface area contributed by atoms with Crippen LogP contribution in [0.15, 0.2) is 30.3 Å². The predicted molar refractivity (Wildman–Crippen MR) is 57.8 cm³/mol. The molecular weight excluding hydrogens is 190 g/mol. The average molecular weight is 204 g/mol. The van der Waals surface area contributed by atoms with Gasteiger partial charge < -0.3 is 4.90 Å². The Bertz CT molecular complexity index is 335. The van der Waals surface area contributed by atoms with Gasteiger partial charge in [0, 0.05) is 13.5 Å². The number of amides is 1. The largest absolute Gasteiger partial charge is 0.328 e. The molecule has 0 N–H and O–H groups in total. The van der Waals surface area contributed by atoms with E-state index in [1.54, 1.807) is 6.92 Å². The molecule has 0 aliphatic carbocycles. The van der Waals surface area contributed by atoms with Gasteiger partial charge in [-0.1, -0.05) is 30.3 Å². The van der Waals surface area contributed by atoms with Gasteiger partial charge in [0.15, 0.2) is 0 Å². The van der Waals surface area contributed by atoms with Gasteiger partial charge in [0.1, 0.15) is 0 Å². The summed E-state index contributed by atoms with van der Waals surface area (Å²) < 4.78 is 0. The van der Waals surface area contributed by atoms with E-state index in [1.165, 1.54) is 11.8 Å². The molecule has 3 nitrogen and oxygen atoms in total. The van der Waals surface area contributed by atoms with Crippen molar-refractivity contribution in [1.29, 1.82) is 0 Å². The van der Waals surface area contributed by atoms with Crippen LogP contribution in [0.5, 0.6) is 0 Å². The Morgan fingerprint density at radius 2 is 2.00 bits per heavy atom. The molecule has 79 valence electrons. The van der Waals surface area contributed by atoms with Crippen molar-refractivity contribution in [3.8, 4) is 0 Å². The van der Waals surface area contributed by atoms with Gasteiger partial charge in [-0.05, 0) is 12.5 Å². The highest BCUT2D eigenvalue weighted by molar-refractivity contribution is 5.77. The minimum atomic E-state index is -0.497. The maximum absolute atomic E-state index is 11.3. The fourth-order valence-corrected chi connectivity index (χ4v) is 1.36. The van der Waals surface area contributed by atoms with Gasteiger partial charge in [-0.2, -0.15) is 0 Å². The Balaban J connectivity index is 2.76. The normalized spacial score (nSPS) is 11.9. The molecule has 0 bridgehead atoms. The third-order valence-corrected chi connectivity index (χ3v) is 2.24. The molecule has 15 heavy (non-hydrogen) atoms. The zero-order chi connectivity index (χ0) is 11.3. The van der Waals surface area contributed by atoms with Gasteiger partial charge in [-0.25, -0.2) is 0 Å². The smallest absolute Gasteiger partial charge is 0.222 e. The quantitative estimate of drug-likeness (QED) is 0.746. The molecule has 0 spiro atoms. The summed E-state index contributed by atoms with van der Waals surface area (Å²) in [6.45, 7) is 3.57. The van der Waals surface area contributed by atoms with E-state index in [0.717, 1.165) is 5.56 Å². The van der Waals surface area contributed by atoms with Crippen molar-refractivity contribution >= 4 is 12.2 Å². The summed E-state index contributed by atoms with van der Waals surface area (Å²) in [4.78, 5) is 23.3. The number of carbonyl (C=O) groups excluding carboxylic acids is 2. The SMILES string of the molecule is CC(=O)N(Cc1ccccc1)[C@@H](C)[C]=O. The Labute approximate surface area is 89.7 Å². The highest BCUT2D eigenvalue weighted by atomic mass is 16.2. The maximum atomic E-state index is 11.3. The van der Waals surface area contributed by atoms with Gasteiger partial charge in [-0.15, -0.1) is 0 Å². The summed E-state index contributed by atoms with van der Waals surface area (Å²) in [5, 5.41) is 0. The maximum Gasteiger partial charge on any atom is 0.222 e. The zero-order valence-corrected chi connectivity index (χ0v) is 8.93. The minimum Gasteiger partial charge on any atom is -0.328 e. The third-order valence-electron chi connectivity index (χ3n) is 2.24. The summed E-state index contributed by atoms with van der Waals surface area (Å²) in [6, 6.07) is 9.08. The average Bonchev–Trinajstić information content (AvgIpc) is 2.26. The number of benzene rings is 1. The molecule has 1 atom stereocenters. The van der Waals surface area contributed by atoms with Crippen molar-refractivity contribution in [1.82, 2.24) is 4.90 Å². The molecule has 1 rings (SSSR count). The van der Waals surface area contributed by atoms with Gasteiger partial charge >= 0.3 is 0 Å². The fourth-order valence-electron chi connectivity index (χ4n) is 1.36. The lowest BCUT2D eigenvalue weighted by atomic mass is 10.2. The minimum absolute atomic E-state index is 0.116. The van der Waals surface area contributed by atoms with Crippen molar-refractivity contribution in [2.75, 3.05) is 0 Å². The lowest BCUT2D eigenvalue weighted by molar-refractivity contribution is -0.130. The molecule has 1 radical (unpaired) electrons. The van der Waals surface area contributed by atoms with Crippen molar-refractivity contribution in [2.45, 2.75) is 26.4 Å². The zero-order valence-electron chi connectivity index (χ0n) is 8.93. The van der Waals surface area contributed by atoms with Crippen LogP contribution in [-0.4, -0.2) is 23.1 Å². The molecule has 0 saturated heterocycles. The Morgan fingerprint density at radius 3 is 2.47 bits per heavy atom. The Morgan fingerprint density at radius 1 is 1.40 bits per heavy atom. The van der Waals surface area contributed by atoms with Crippen LogP contribution in [0.3, 0.4) is 0 Å². The van der Waals surface area contributed by atoms with E-state index in [2.05, 4.69) is 0 Å². The van der Waals surface area contributed by atoms with E-state index in [0.29, 0.717) is 6.54 Å². The first-order chi connectivity index (χ1) is 7.15. The first-order valence-corrected chi connectivity index (χ1v) is 4.84. The summed E-state index contributed by atoms with van der Waals surface area (Å²) >= 11 is 0. The third kappa shape index (κ3) is 3.20. The lowest BCUT2D eigenvalue weighted by Crippen LogP contribution is -2.37. The van der Waals surface area contributed by atoms with Gasteiger partial charge in [0.2, 0.25) is 12.2 Å². The molecule has 0 fully saturated rings. The second-order valence-electron chi connectivity index (χ2n) is 3.43. The van der Waals surface area contributed by atoms with Crippen molar-refractivity contribution in [3.05, 3.63) is 35.9 Å². The Hall–Kier alpha value is -1.64. The van der Waals surface area contributed by atoms with E-state index in [4.69, 9.17) is 0 Å². The predicted octanol–water partition coefficient (Wildman–Crippen LogP) is 1.53. The van der Waals surface area contributed by atoms with E-state index >= 15 is 0 Å².